The van der Waals surface area contributed by atoms with Crippen LogP contribution in [0, 0.1) is 30.9 Å². The lowest BCUT2D eigenvalue weighted by Gasteiger charge is -2.08. The first-order chi connectivity index (χ1) is 14.7. The Kier molecular flexibility index (Phi) is 6.98. The largest absolute Gasteiger partial charge is 0.325 e. The molecule has 0 aliphatic heterocycles. The van der Waals surface area contributed by atoms with Gasteiger partial charge in [0.25, 0.3) is 11.6 Å². The third-order valence-electron chi connectivity index (χ3n) is 4.37. The van der Waals surface area contributed by atoms with Crippen LogP contribution >= 0.6 is 23.1 Å². The Bertz CT molecular complexity index is 1160. The number of aromatic nitrogens is 2. The van der Waals surface area contributed by atoms with Crippen molar-refractivity contribution in [3.8, 4) is 0 Å². The second-order valence-electron chi connectivity index (χ2n) is 6.69. The van der Waals surface area contributed by atoms with Gasteiger partial charge in [-0.1, -0.05) is 41.3 Å². The number of amides is 2. The molecule has 1 aromatic heterocycles. The average molecular weight is 458 g/mol. The Hall–Kier alpha value is -3.31. The van der Waals surface area contributed by atoms with Crippen molar-refractivity contribution >= 4 is 51.4 Å². The number of nitro groups is 1. The number of aryl methyl sites for hydroxylation is 2. The Morgan fingerprint density at radius 2 is 1.90 bits per heavy atom. The number of thioether (sulfide) groups is 1. The molecule has 2 amide bonds. The monoisotopic (exact) mass is 457 g/mol. The lowest BCUT2D eigenvalue weighted by Crippen LogP contribution is -2.14. The molecule has 0 radical (unpaired) electrons. The van der Waals surface area contributed by atoms with Crippen molar-refractivity contribution in [3.63, 3.8) is 0 Å². The van der Waals surface area contributed by atoms with Crippen LogP contribution in [-0.2, 0) is 4.79 Å². The van der Waals surface area contributed by atoms with Crippen LogP contribution < -0.4 is 10.6 Å². The van der Waals surface area contributed by atoms with Crippen LogP contribution in [0.25, 0.3) is 0 Å². The molecule has 31 heavy (non-hydrogen) atoms. The molecule has 0 unspecified atom stereocenters. The number of nitrogens with zero attached hydrogens (tertiary/aromatic N) is 3. The van der Waals surface area contributed by atoms with Gasteiger partial charge in [0.2, 0.25) is 11.0 Å². The van der Waals surface area contributed by atoms with E-state index in [2.05, 4.69) is 20.8 Å². The zero-order chi connectivity index (χ0) is 22.5. The van der Waals surface area contributed by atoms with E-state index in [-0.39, 0.29) is 33.6 Å². The standard InChI is InChI=1S/C20H19N5O4S2/c1-11-7-8-12(2)15(9-11)21-17(26)10-30-20-24-23-19(31-20)22-18(27)14-5-4-6-16(13(14)3)25(28)29/h4-9H,10H2,1-3H3,(H,21,26)(H,22,23,27). The predicted molar refractivity (Wildman–Crippen MR) is 121 cm³/mol. The van der Waals surface area contributed by atoms with E-state index in [1.54, 1.807) is 0 Å². The van der Waals surface area contributed by atoms with E-state index in [4.69, 9.17) is 0 Å². The molecule has 160 valence electrons. The number of rotatable bonds is 7. The van der Waals surface area contributed by atoms with Gasteiger partial charge >= 0.3 is 0 Å². The van der Waals surface area contributed by atoms with E-state index in [1.807, 2.05) is 32.0 Å². The third-order valence-corrected chi connectivity index (χ3v) is 6.34. The van der Waals surface area contributed by atoms with Gasteiger partial charge in [-0.15, -0.1) is 10.2 Å². The van der Waals surface area contributed by atoms with Gasteiger partial charge in [-0.05, 0) is 44.0 Å². The molecule has 0 fully saturated rings. The maximum Gasteiger partial charge on any atom is 0.273 e. The molecular weight excluding hydrogens is 438 g/mol. The summed E-state index contributed by atoms with van der Waals surface area (Å²) in [6.07, 6.45) is 0. The van der Waals surface area contributed by atoms with Crippen LogP contribution in [0.5, 0.6) is 0 Å². The minimum atomic E-state index is -0.533. The zero-order valence-electron chi connectivity index (χ0n) is 17.0. The van der Waals surface area contributed by atoms with Crippen molar-refractivity contribution < 1.29 is 14.5 Å². The van der Waals surface area contributed by atoms with Gasteiger partial charge in [0.15, 0.2) is 4.34 Å². The molecule has 0 aliphatic rings. The van der Waals surface area contributed by atoms with Gasteiger partial charge in [-0.25, -0.2) is 0 Å². The van der Waals surface area contributed by atoms with E-state index in [0.29, 0.717) is 4.34 Å². The number of hydrogen-bond acceptors (Lipinski definition) is 8. The van der Waals surface area contributed by atoms with Crippen LogP contribution in [0.1, 0.15) is 27.0 Å². The third kappa shape index (κ3) is 5.64. The van der Waals surface area contributed by atoms with Gasteiger partial charge in [-0.3, -0.25) is 25.0 Å². The van der Waals surface area contributed by atoms with Gasteiger partial charge < -0.3 is 5.32 Å². The molecule has 2 aromatic carbocycles. The van der Waals surface area contributed by atoms with Gasteiger partial charge in [0.05, 0.1) is 10.7 Å². The fraction of sp³-hybridized carbons (Fsp3) is 0.200. The fourth-order valence-corrected chi connectivity index (χ4v) is 4.28. The minimum absolute atomic E-state index is 0.129. The maximum absolute atomic E-state index is 12.5. The molecule has 0 atom stereocenters. The minimum Gasteiger partial charge on any atom is -0.325 e. The predicted octanol–water partition coefficient (Wildman–Crippen LogP) is 4.35. The quantitative estimate of drug-likeness (QED) is 0.234. The molecule has 0 bridgehead atoms. The molecule has 0 saturated carbocycles. The summed E-state index contributed by atoms with van der Waals surface area (Å²) in [6.45, 7) is 5.39. The molecule has 0 spiro atoms. The highest BCUT2D eigenvalue weighted by atomic mass is 32.2. The van der Waals surface area contributed by atoms with Crippen LogP contribution in [0.4, 0.5) is 16.5 Å². The summed E-state index contributed by atoms with van der Waals surface area (Å²) in [5.74, 6) is -0.548. The normalized spacial score (nSPS) is 10.5. The van der Waals surface area contributed by atoms with Crippen molar-refractivity contribution in [2.24, 2.45) is 0 Å². The number of anilines is 2. The number of benzene rings is 2. The molecule has 11 heteroatoms. The highest BCUT2D eigenvalue weighted by Gasteiger charge is 2.19. The van der Waals surface area contributed by atoms with Crippen molar-refractivity contribution in [1.29, 1.82) is 0 Å². The van der Waals surface area contributed by atoms with E-state index in [1.165, 1.54) is 36.9 Å². The first kappa shape index (κ1) is 22.4. The summed E-state index contributed by atoms with van der Waals surface area (Å²) in [4.78, 5) is 35.2. The molecule has 0 aliphatic carbocycles. The summed E-state index contributed by atoms with van der Waals surface area (Å²) in [5, 5.41) is 24.6. The SMILES string of the molecule is Cc1ccc(C)c(NC(=O)CSc2nnc(NC(=O)c3cccc([N+](=O)[O-])c3C)s2)c1. The van der Waals surface area contributed by atoms with Gasteiger partial charge in [-0.2, -0.15) is 0 Å². The van der Waals surface area contributed by atoms with Crippen LogP contribution in [-0.4, -0.2) is 32.7 Å². The summed E-state index contributed by atoms with van der Waals surface area (Å²) in [5.41, 5.74) is 3.12. The van der Waals surface area contributed by atoms with Crippen molar-refractivity contribution in [2.45, 2.75) is 25.1 Å². The molecule has 0 saturated heterocycles. The highest BCUT2D eigenvalue weighted by molar-refractivity contribution is 8.01. The van der Waals surface area contributed by atoms with Gasteiger partial charge in [0.1, 0.15) is 0 Å². The van der Waals surface area contributed by atoms with Crippen LogP contribution in [0.3, 0.4) is 0 Å². The van der Waals surface area contributed by atoms with Crippen molar-refractivity contribution in [2.75, 3.05) is 16.4 Å². The Balaban J connectivity index is 1.59. The molecule has 9 nitrogen and oxygen atoms in total. The van der Waals surface area contributed by atoms with E-state index in [9.17, 15) is 19.7 Å². The fourth-order valence-electron chi connectivity index (χ4n) is 2.73. The second-order valence-corrected chi connectivity index (χ2v) is 8.89. The first-order valence-electron chi connectivity index (χ1n) is 9.13. The second kappa shape index (κ2) is 9.67. The molecular formula is C20H19N5O4S2. The van der Waals surface area contributed by atoms with Crippen LogP contribution in [0.2, 0.25) is 0 Å². The molecule has 2 N–H and O–H groups in total. The summed E-state index contributed by atoms with van der Waals surface area (Å²) >= 11 is 2.32. The van der Waals surface area contributed by atoms with E-state index < -0.39 is 10.8 Å². The van der Waals surface area contributed by atoms with E-state index >= 15 is 0 Å². The summed E-state index contributed by atoms with van der Waals surface area (Å²) in [6, 6.07) is 10.1. The Morgan fingerprint density at radius 3 is 2.65 bits per heavy atom. The van der Waals surface area contributed by atoms with E-state index in [0.717, 1.165) is 28.2 Å². The number of nitro benzene ring substituents is 1. The number of carbonyl (C=O) groups excluding carboxylic acids is 2. The van der Waals surface area contributed by atoms with Gasteiger partial charge in [0, 0.05) is 22.9 Å². The topological polar surface area (TPSA) is 127 Å². The molecule has 3 aromatic rings. The maximum atomic E-state index is 12.5. The van der Waals surface area contributed by atoms with Crippen molar-refractivity contribution in [1.82, 2.24) is 10.2 Å². The Labute approximate surface area is 186 Å². The smallest absolute Gasteiger partial charge is 0.273 e. The number of nitrogens with one attached hydrogen (secondary N) is 2. The highest BCUT2D eigenvalue weighted by Crippen LogP contribution is 2.27. The summed E-state index contributed by atoms with van der Waals surface area (Å²) in [7, 11) is 0. The average Bonchev–Trinajstić information content (AvgIpc) is 3.16. The lowest BCUT2D eigenvalue weighted by atomic mass is 10.1. The van der Waals surface area contributed by atoms with Crippen LogP contribution in [0.15, 0.2) is 40.7 Å². The lowest BCUT2D eigenvalue weighted by molar-refractivity contribution is -0.385. The molecule has 3 rings (SSSR count). The molecule has 1 heterocycles. The zero-order valence-corrected chi connectivity index (χ0v) is 18.6. The summed E-state index contributed by atoms with van der Waals surface area (Å²) < 4.78 is 0.516. The van der Waals surface area contributed by atoms with Crippen molar-refractivity contribution in [3.05, 3.63) is 68.8 Å². The number of carbonyl (C=O) groups is 2. The first-order valence-corrected chi connectivity index (χ1v) is 10.9. The Morgan fingerprint density at radius 1 is 1.13 bits per heavy atom. The number of hydrogen-bond donors (Lipinski definition) is 2.